The van der Waals surface area contributed by atoms with Crippen LogP contribution in [0.2, 0.25) is 0 Å². The SMILES string of the molecule is c1ccc([Si](c2ccccc2)(c2cccc(-n3c4ccc5c6ccccc6sc5c4c4cccnc43)c2)c2ccc3c4ccccc4n4ccnc4c3c2)cc1. The molecule has 12 aromatic rings. The smallest absolute Gasteiger partial charge is 0.179 e. The molecular weight excluding hydrogens is 717 g/mol. The van der Waals surface area contributed by atoms with Crippen LogP contribution in [0.25, 0.3) is 75.1 Å². The van der Waals surface area contributed by atoms with E-state index < -0.39 is 8.07 Å². The van der Waals surface area contributed by atoms with Gasteiger partial charge >= 0.3 is 0 Å². The second-order valence-electron chi connectivity index (χ2n) is 14.6. The number of hydrogen-bond donors (Lipinski definition) is 0. The molecule has 6 heteroatoms. The molecule has 0 bridgehead atoms. The second kappa shape index (κ2) is 12.1. The average molecular weight is 749 g/mol. The van der Waals surface area contributed by atoms with Gasteiger partial charge in [0.1, 0.15) is 11.3 Å². The monoisotopic (exact) mass is 748 g/mol. The fourth-order valence-electron chi connectivity index (χ4n) is 9.43. The van der Waals surface area contributed by atoms with Crippen LogP contribution in [0.15, 0.2) is 195 Å². The first kappa shape index (κ1) is 31.5. The summed E-state index contributed by atoms with van der Waals surface area (Å²) in [5.74, 6) is 0. The minimum absolute atomic E-state index is 0.968. The van der Waals surface area contributed by atoms with E-state index in [0.717, 1.165) is 27.9 Å². The first-order chi connectivity index (χ1) is 27.8. The molecule has 5 aromatic heterocycles. The Morgan fingerprint density at radius 2 is 1.11 bits per heavy atom. The van der Waals surface area contributed by atoms with E-state index in [9.17, 15) is 0 Å². The summed E-state index contributed by atoms with van der Waals surface area (Å²) >= 11 is 1.88. The molecule has 4 nitrogen and oxygen atoms in total. The molecule has 0 aliphatic heterocycles. The van der Waals surface area contributed by atoms with E-state index in [2.05, 4.69) is 191 Å². The molecule has 0 atom stereocenters. The van der Waals surface area contributed by atoms with Gasteiger partial charge in [-0.15, -0.1) is 11.3 Å². The highest BCUT2D eigenvalue weighted by Gasteiger charge is 2.42. The molecule has 7 aromatic carbocycles. The molecule has 0 amide bonds. The van der Waals surface area contributed by atoms with Crippen LogP contribution in [-0.4, -0.2) is 27.0 Å². The summed E-state index contributed by atoms with van der Waals surface area (Å²) in [6.07, 6.45) is 5.92. The standard InChI is InChI=1S/C50H32N4SSi/c1-3-14-34(15-4-1)56(35-16-5-2-6-17-35,37-24-25-38-39-19-7-9-22-44(39)53-30-29-52-49(53)43(38)32-37)36-18-11-13-33(31-36)54-45-27-26-41-40-20-8-10-23-46(40)55-48(41)47(45)42-21-12-28-51-50(42)54/h1-32H. The Morgan fingerprint density at radius 3 is 1.95 bits per heavy atom. The van der Waals surface area contributed by atoms with Crippen LogP contribution in [0.5, 0.6) is 0 Å². The van der Waals surface area contributed by atoms with E-state index in [1.165, 1.54) is 68.0 Å². The van der Waals surface area contributed by atoms with Crippen molar-refractivity contribution in [3.05, 3.63) is 195 Å². The van der Waals surface area contributed by atoms with Crippen molar-refractivity contribution in [2.45, 2.75) is 0 Å². The first-order valence-electron chi connectivity index (χ1n) is 19.0. The molecule has 0 aliphatic carbocycles. The van der Waals surface area contributed by atoms with E-state index in [0.29, 0.717) is 0 Å². The maximum atomic E-state index is 5.07. The Labute approximate surface area is 327 Å². The minimum Gasteiger partial charge on any atom is -0.299 e. The number of hydrogen-bond acceptors (Lipinski definition) is 3. The van der Waals surface area contributed by atoms with Crippen molar-refractivity contribution in [1.82, 2.24) is 18.9 Å². The van der Waals surface area contributed by atoms with Gasteiger partial charge in [0.2, 0.25) is 0 Å². The number of pyridine rings is 2. The molecule has 0 unspecified atom stereocenters. The molecule has 0 aliphatic rings. The molecule has 0 fully saturated rings. The quantitative estimate of drug-likeness (QED) is 0.0999. The molecule has 0 saturated heterocycles. The fourth-order valence-corrected chi connectivity index (χ4v) is 15.5. The summed E-state index contributed by atoms with van der Waals surface area (Å²) in [7, 11) is -2.97. The van der Waals surface area contributed by atoms with Gasteiger partial charge in [-0.2, -0.15) is 0 Å². The van der Waals surface area contributed by atoms with Crippen molar-refractivity contribution < 1.29 is 0 Å². The summed E-state index contributed by atoms with van der Waals surface area (Å²) in [6.45, 7) is 0. The summed E-state index contributed by atoms with van der Waals surface area (Å²) < 4.78 is 7.23. The fraction of sp³-hybridized carbons (Fsp3) is 0. The van der Waals surface area contributed by atoms with Crippen molar-refractivity contribution in [3.63, 3.8) is 0 Å². The number of nitrogens with zero attached hydrogens (tertiary/aromatic N) is 4. The number of thiophene rings is 1. The Morgan fingerprint density at radius 1 is 0.429 bits per heavy atom. The number of benzene rings is 7. The number of rotatable bonds is 5. The largest absolute Gasteiger partial charge is 0.299 e. The van der Waals surface area contributed by atoms with Crippen LogP contribution in [0.4, 0.5) is 0 Å². The van der Waals surface area contributed by atoms with Crippen LogP contribution in [0, 0.1) is 0 Å². The summed E-state index contributed by atoms with van der Waals surface area (Å²) in [5.41, 5.74) is 5.38. The van der Waals surface area contributed by atoms with E-state index in [1.807, 2.05) is 23.7 Å². The van der Waals surface area contributed by atoms with E-state index in [1.54, 1.807) is 0 Å². The van der Waals surface area contributed by atoms with Crippen LogP contribution in [0.1, 0.15) is 0 Å². The summed E-state index contributed by atoms with van der Waals surface area (Å²) in [6, 6.07) is 65.2. The third kappa shape index (κ3) is 4.33. The van der Waals surface area contributed by atoms with Gasteiger partial charge in [0.05, 0.1) is 11.0 Å². The second-order valence-corrected chi connectivity index (χ2v) is 19.4. The lowest BCUT2D eigenvalue weighted by molar-refractivity contribution is 1.14. The predicted octanol–water partition coefficient (Wildman–Crippen LogP) is 9.88. The zero-order chi connectivity index (χ0) is 36.8. The lowest BCUT2D eigenvalue weighted by atomic mass is 10.1. The highest BCUT2D eigenvalue weighted by molar-refractivity contribution is 7.26. The van der Waals surface area contributed by atoms with Gasteiger partial charge in [0, 0.05) is 66.0 Å². The third-order valence-corrected chi connectivity index (χ3v) is 17.7. The van der Waals surface area contributed by atoms with Gasteiger partial charge in [-0.25, -0.2) is 9.97 Å². The lowest BCUT2D eigenvalue weighted by Crippen LogP contribution is -2.74. The van der Waals surface area contributed by atoms with Crippen molar-refractivity contribution in [2.24, 2.45) is 0 Å². The highest BCUT2D eigenvalue weighted by Crippen LogP contribution is 2.42. The van der Waals surface area contributed by atoms with Crippen LogP contribution < -0.4 is 20.7 Å². The third-order valence-electron chi connectivity index (χ3n) is 11.8. The Balaban J connectivity index is 1.18. The maximum Gasteiger partial charge on any atom is 0.179 e. The molecule has 262 valence electrons. The molecule has 12 rings (SSSR count). The van der Waals surface area contributed by atoms with Crippen molar-refractivity contribution >= 4 is 110 Å². The zero-order valence-electron chi connectivity index (χ0n) is 30.2. The van der Waals surface area contributed by atoms with Crippen LogP contribution >= 0.6 is 11.3 Å². The number of imidazole rings is 1. The zero-order valence-corrected chi connectivity index (χ0v) is 32.0. The van der Waals surface area contributed by atoms with E-state index in [4.69, 9.17) is 9.97 Å². The van der Waals surface area contributed by atoms with E-state index in [-0.39, 0.29) is 0 Å². The molecular formula is C50H32N4SSi. The van der Waals surface area contributed by atoms with Gasteiger partial charge in [-0.05, 0) is 68.6 Å². The van der Waals surface area contributed by atoms with Crippen LogP contribution in [0.3, 0.4) is 0 Å². The number of para-hydroxylation sites is 1. The molecule has 56 heavy (non-hydrogen) atoms. The van der Waals surface area contributed by atoms with Crippen LogP contribution in [-0.2, 0) is 0 Å². The predicted molar refractivity (Wildman–Crippen MR) is 239 cm³/mol. The minimum atomic E-state index is -2.97. The van der Waals surface area contributed by atoms with Gasteiger partial charge in [0.25, 0.3) is 0 Å². The molecule has 5 heterocycles. The van der Waals surface area contributed by atoms with Gasteiger partial charge in [0.15, 0.2) is 8.07 Å². The highest BCUT2D eigenvalue weighted by atomic mass is 32.1. The maximum absolute atomic E-state index is 5.07. The van der Waals surface area contributed by atoms with Crippen molar-refractivity contribution in [3.8, 4) is 5.69 Å². The molecule has 0 saturated carbocycles. The molecule has 0 N–H and O–H groups in total. The van der Waals surface area contributed by atoms with Gasteiger partial charge in [-0.3, -0.25) is 8.97 Å². The lowest BCUT2D eigenvalue weighted by Gasteiger charge is -2.35. The number of fused-ring (bicyclic) bond motifs is 13. The first-order valence-corrected chi connectivity index (χ1v) is 21.8. The van der Waals surface area contributed by atoms with E-state index >= 15 is 0 Å². The van der Waals surface area contributed by atoms with Gasteiger partial charge in [-0.1, -0.05) is 133 Å². The Hall–Kier alpha value is -6.86. The summed E-state index contributed by atoms with van der Waals surface area (Å²) in [4.78, 5) is 10.0. The average Bonchev–Trinajstić information content (AvgIpc) is 4.00. The molecule has 0 spiro atoms. The topological polar surface area (TPSA) is 35.1 Å². The summed E-state index contributed by atoms with van der Waals surface area (Å²) in [5, 5.41) is 13.9. The normalized spacial score (nSPS) is 12.3. The van der Waals surface area contributed by atoms with Crippen molar-refractivity contribution in [2.75, 3.05) is 0 Å². The molecule has 0 radical (unpaired) electrons. The van der Waals surface area contributed by atoms with Gasteiger partial charge < -0.3 is 0 Å². The number of aromatic nitrogens is 4. The van der Waals surface area contributed by atoms with Crippen molar-refractivity contribution in [1.29, 1.82) is 0 Å². The Bertz CT molecular complexity index is 3450. The Kier molecular flexibility index (Phi) is 6.79.